The molecule has 4 heteroatoms. The van der Waals surface area contributed by atoms with Gasteiger partial charge in [0, 0.05) is 6.54 Å². The van der Waals surface area contributed by atoms with Crippen molar-refractivity contribution in [1.29, 1.82) is 0 Å². The number of carboxylic acids is 1. The van der Waals surface area contributed by atoms with Crippen LogP contribution in [0.25, 0.3) is 0 Å². The minimum atomic E-state index is -0.842. The predicted molar refractivity (Wildman–Crippen MR) is 87.7 cm³/mol. The second-order valence-corrected chi connectivity index (χ2v) is 6.57. The highest BCUT2D eigenvalue weighted by atomic mass is 16.4. The van der Waals surface area contributed by atoms with Crippen LogP contribution in [0.5, 0.6) is 0 Å². The average Bonchev–Trinajstić information content (AvgIpc) is 3.16. The fourth-order valence-corrected chi connectivity index (χ4v) is 3.94. The maximum absolute atomic E-state index is 12.4. The first-order valence-corrected chi connectivity index (χ1v) is 8.39. The summed E-state index contributed by atoms with van der Waals surface area (Å²) < 4.78 is 0. The Bertz CT molecular complexity index is 596. The Morgan fingerprint density at radius 3 is 2.43 bits per heavy atom. The van der Waals surface area contributed by atoms with E-state index in [9.17, 15) is 14.7 Å². The Kier molecular flexibility index (Phi) is 4.79. The van der Waals surface area contributed by atoms with Crippen LogP contribution in [0.15, 0.2) is 42.5 Å². The lowest BCUT2D eigenvalue weighted by Crippen LogP contribution is -2.40. The SMILES string of the molecule is O=C(O)[C@H]1[C@H](C(=O)NCCCCc2ccccc2)[C@H]2C=C[C@@H]1C2. The van der Waals surface area contributed by atoms with Crippen molar-refractivity contribution in [2.45, 2.75) is 25.7 Å². The number of carboxylic acid groups (broad SMARTS) is 1. The molecule has 0 saturated heterocycles. The van der Waals surface area contributed by atoms with Gasteiger partial charge in [-0.25, -0.2) is 0 Å². The number of aryl methyl sites for hydroxylation is 1. The summed E-state index contributed by atoms with van der Waals surface area (Å²) in [7, 11) is 0. The zero-order valence-corrected chi connectivity index (χ0v) is 13.2. The molecule has 4 nitrogen and oxygen atoms in total. The third-order valence-electron chi connectivity index (χ3n) is 5.08. The molecule has 1 amide bonds. The van der Waals surface area contributed by atoms with Crippen LogP contribution in [0, 0.1) is 23.7 Å². The fraction of sp³-hybridized carbons (Fsp3) is 0.474. The monoisotopic (exact) mass is 313 g/mol. The molecule has 0 aromatic heterocycles. The van der Waals surface area contributed by atoms with Gasteiger partial charge in [-0.1, -0.05) is 42.5 Å². The zero-order valence-electron chi connectivity index (χ0n) is 13.2. The van der Waals surface area contributed by atoms with Gasteiger partial charge in [-0.05, 0) is 43.1 Å². The molecule has 2 N–H and O–H groups in total. The van der Waals surface area contributed by atoms with E-state index in [0.29, 0.717) is 6.54 Å². The summed E-state index contributed by atoms with van der Waals surface area (Å²) in [5, 5.41) is 12.3. The summed E-state index contributed by atoms with van der Waals surface area (Å²) in [6, 6.07) is 10.3. The van der Waals surface area contributed by atoms with E-state index >= 15 is 0 Å². The minimum Gasteiger partial charge on any atom is -0.481 e. The number of carbonyl (C=O) groups excluding carboxylic acids is 1. The minimum absolute atomic E-state index is 0.0336. The number of aliphatic carboxylic acids is 1. The molecule has 3 rings (SSSR count). The summed E-state index contributed by atoms with van der Waals surface area (Å²) in [4.78, 5) is 23.8. The molecule has 0 heterocycles. The van der Waals surface area contributed by atoms with Gasteiger partial charge in [0.15, 0.2) is 0 Å². The summed E-state index contributed by atoms with van der Waals surface area (Å²) in [5.74, 6) is -1.73. The van der Waals surface area contributed by atoms with Crippen molar-refractivity contribution >= 4 is 11.9 Å². The number of nitrogens with one attached hydrogen (secondary N) is 1. The molecule has 1 aromatic rings. The lowest BCUT2D eigenvalue weighted by atomic mass is 9.82. The van der Waals surface area contributed by atoms with Gasteiger partial charge in [0.2, 0.25) is 5.91 Å². The van der Waals surface area contributed by atoms with Crippen LogP contribution in [0.3, 0.4) is 0 Å². The molecule has 1 aromatic carbocycles. The number of unbranched alkanes of at least 4 members (excludes halogenated alkanes) is 1. The summed E-state index contributed by atoms with van der Waals surface area (Å²) in [5.41, 5.74) is 1.31. The topological polar surface area (TPSA) is 66.4 Å². The van der Waals surface area contributed by atoms with Crippen molar-refractivity contribution in [2.24, 2.45) is 23.7 Å². The van der Waals surface area contributed by atoms with Crippen LogP contribution in [-0.2, 0) is 16.0 Å². The molecule has 2 aliphatic carbocycles. The number of hydrogen-bond acceptors (Lipinski definition) is 2. The maximum Gasteiger partial charge on any atom is 0.307 e. The smallest absolute Gasteiger partial charge is 0.307 e. The van der Waals surface area contributed by atoms with Gasteiger partial charge < -0.3 is 10.4 Å². The standard InChI is InChI=1S/C19H23NO3/c21-18(16-14-9-10-15(12-14)17(16)19(22)23)20-11-5-4-8-13-6-2-1-3-7-13/h1-3,6-7,9-10,14-17H,4-5,8,11-12H2,(H,20,21)(H,22,23)/t14-,15+,16+,17+/m0/s1. The van der Waals surface area contributed by atoms with Crippen LogP contribution in [0.2, 0.25) is 0 Å². The van der Waals surface area contributed by atoms with Crippen molar-refractivity contribution < 1.29 is 14.7 Å². The molecule has 0 aliphatic heterocycles. The van der Waals surface area contributed by atoms with Crippen molar-refractivity contribution in [2.75, 3.05) is 6.54 Å². The Morgan fingerprint density at radius 1 is 1.04 bits per heavy atom. The van der Waals surface area contributed by atoms with E-state index in [2.05, 4.69) is 17.4 Å². The largest absolute Gasteiger partial charge is 0.481 e. The van der Waals surface area contributed by atoms with E-state index in [-0.39, 0.29) is 17.7 Å². The van der Waals surface area contributed by atoms with Crippen LogP contribution in [0.4, 0.5) is 0 Å². The number of benzene rings is 1. The first kappa shape index (κ1) is 15.8. The number of fused-ring (bicyclic) bond motifs is 2. The predicted octanol–water partition coefficient (Wildman–Crippen LogP) is 2.65. The van der Waals surface area contributed by atoms with E-state index in [0.717, 1.165) is 25.7 Å². The first-order valence-electron chi connectivity index (χ1n) is 8.39. The number of carbonyl (C=O) groups is 2. The Hall–Kier alpha value is -2.10. The maximum atomic E-state index is 12.4. The molecule has 1 saturated carbocycles. The number of hydrogen-bond donors (Lipinski definition) is 2. The first-order chi connectivity index (χ1) is 11.2. The highest BCUT2D eigenvalue weighted by Crippen LogP contribution is 2.48. The third kappa shape index (κ3) is 3.46. The molecule has 0 radical (unpaired) electrons. The van der Waals surface area contributed by atoms with Gasteiger partial charge >= 0.3 is 5.97 Å². The molecule has 2 aliphatic rings. The summed E-state index contributed by atoms with van der Waals surface area (Å²) >= 11 is 0. The molecule has 0 spiro atoms. The van der Waals surface area contributed by atoms with Gasteiger partial charge in [-0.15, -0.1) is 0 Å². The Balaban J connectivity index is 1.43. The molecule has 1 fully saturated rings. The molecular formula is C19H23NO3. The van der Waals surface area contributed by atoms with Crippen LogP contribution in [0.1, 0.15) is 24.8 Å². The highest BCUT2D eigenvalue weighted by molar-refractivity contribution is 5.86. The quantitative estimate of drug-likeness (QED) is 0.601. The van der Waals surface area contributed by atoms with Crippen molar-refractivity contribution in [1.82, 2.24) is 5.32 Å². The van der Waals surface area contributed by atoms with Gasteiger partial charge in [0.05, 0.1) is 11.8 Å². The Morgan fingerprint density at radius 2 is 1.74 bits per heavy atom. The van der Waals surface area contributed by atoms with Crippen LogP contribution < -0.4 is 5.32 Å². The average molecular weight is 313 g/mol. The van der Waals surface area contributed by atoms with Crippen molar-refractivity contribution in [3.8, 4) is 0 Å². The van der Waals surface area contributed by atoms with E-state index in [1.807, 2.05) is 30.4 Å². The van der Waals surface area contributed by atoms with Crippen molar-refractivity contribution in [3.05, 3.63) is 48.0 Å². The summed E-state index contributed by atoms with van der Waals surface area (Å²) in [6.07, 6.45) is 7.73. The van der Waals surface area contributed by atoms with E-state index in [1.54, 1.807) is 0 Å². The second-order valence-electron chi connectivity index (χ2n) is 6.57. The van der Waals surface area contributed by atoms with E-state index in [4.69, 9.17) is 0 Å². The lowest BCUT2D eigenvalue weighted by Gasteiger charge is -2.23. The fourth-order valence-electron chi connectivity index (χ4n) is 3.94. The summed E-state index contributed by atoms with van der Waals surface area (Å²) in [6.45, 7) is 0.621. The molecule has 23 heavy (non-hydrogen) atoms. The van der Waals surface area contributed by atoms with Crippen LogP contribution >= 0.6 is 0 Å². The normalized spacial score (nSPS) is 28.0. The third-order valence-corrected chi connectivity index (χ3v) is 5.08. The van der Waals surface area contributed by atoms with Crippen LogP contribution in [-0.4, -0.2) is 23.5 Å². The van der Waals surface area contributed by atoms with Gasteiger partial charge in [-0.2, -0.15) is 0 Å². The van der Waals surface area contributed by atoms with Crippen molar-refractivity contribution in [3.63, 3.8) is 0 Å². The van der Waals surface area contributed by atoms with E-state index in [1.165, 1.54) is 5.56 Å². The van der Waals surface area contributed by atoms with E-state index < -0.39 is 17.8 Å². The molecule has 4 atom stereocenters. The molecule has 122 valence electrons. The lowest BCUT2D eigenvalue weighted by molar-refractivity contribution is -0.147. The Labute approximate surface area is 136 Å². The zero-order chi connectivity index (χ0) is 16.2. The van der Waals surface area contributed by atoms with Gasteiger partial charge in [0.25, 0.3) is 0 Å². The molecular weight excluding hydrogens is 290 g/mol. The van der Waals surface area contributed by atoms with Gasteiger partial charge in [0.1, 0.15) is 0 Å². The number of rotatable bonds is 7. The molecule has 0 unspecified atom stereocenters. The second kappa shape index (κ2) is 6.99. The molecule has 2 bridgehead atoms. The number of allylic oxidation sites excluding steroid dienone is 2. The highest BCUT2D eigenvalue weighted by Gasteiger charge is 2.51. The number of amides is 1. The van der Waals surface area contributed by atoms with Gasteiger partial charge in [-0.3, -0.25) is 9.59 Å².